The molecule has 0 fully saturated rings. The first-order valence-electron chi connectivity index (χ1n) is 12.8. The van der Waals surface area contributed by atoms with Crippen LogP contribution in [-0.4, -0.2) is 49.5 Å². The normalized spacial score (nSPS) is 12.5. The summed E-state index contributed by atoms with van der Waals surface area (Å²) in [6.07, 6.45) is 1.24. The van der Waals surface area contributed by atoms with Crippen LogP contribution in [0.2, 0.25) is 10.0 Å². The fourth-order valence-corrected chi connectivity index (χ4v) is 5.55. The lowest BCUT2D eigenvalue weighted by Gasteiger charge is -2.35. The van der Waals surface area contributed by atoms with Crippen molar-refractivity contribution in [3.8, 4) is 0 Å². The third-order valence-corrected chi connectivity index (χ3v) is 8.01. The highest BCUT2D eigenvalue weighted by Crippen LogP contribution is 2.28. The second-order valence-electron chi connectivity index (χ2n) is 10.8. The summed E-state index contributed by atoms with van der Waals surface area (Å²) in [6.45, 7) is 6.83. The molecule has 7 nitrogen and oxygen atoms in total. The number of hydrogen-bond donors (Lipinski definition) is 1. The Morgan fingerprint density at radius 1 is 0.900 bits per heavy atom. The van der Waals surface area contributed by atoms with E-state index in [4.69, 9.17) is 23.2 Å². The van der Waals surface area contributed by atoms with Gasteiger partial charge in [0.1, 0.15) is 12.6 Å². The average Bonchev–Trinajstić information content (AvgIpc) is 2.85. The molecule has 0 spiro atoms. The first-order chi connectivity index (χ1) is 18.7. The van der Waals surface area contributed by atoms with Gasteiger partial charge in [0.05, 0.1) is 11.9 Å². The van der Waals surface area contributed by atoms with Crippen LogP contribution in [-0.2, 0) is 32.6 Å². The predicted molar refractivity (Wildman–Crippen MR) is 162 cm³/mol. The number of anilines is 1. The van der Waals surface area contributed by atoms with Gasteiger partial charge in [-0.15, -0.1) is 0 Å². The van der Waals surface area contributed by atoms with Crippen molar-refractivity contribution in [2.45, 2.75) is 52.2 Å². The molecule has 3 aromatic carbocycles. The summed E-state index contributed by atoms with van der Waals surface area (Å²) in [6, 6.07) is 20.2. The SMILES string of the molecule is Cc1ccc(N(CC(=O)N(Cc2c(Cl)cccc2Cl)C(Cc2ccccc2)C(=O)NC(C)(C)C)S(C)(=O)=O)cc1. The lowest BCUT2D eigenvalue weighted by atomic mass is 10.0. The highest BCUT2D eigenvalue weighted by atomic mass is 35.5. The van der Waals surface area contributed by atoms with Crippen molar-refractivity contribution < 1.29 is 18.0 Å². The molecular weight excluding hydrogens is 569 g/mol. The molecule has 0 bridgehead atoms. The molecule has 1 unspecified atom stereocenters. The van der Waals surface area contributed by atoms with Crippen molar-refractivity contribution in [1.82, 2.24) is 10.2 Å². The van der Waals surface area contributed by atoms with E-state index in [9.17, 15) is 18.0 Å². The van der Waals surface area contributed by atoms with E-state index in [0.717, 1.165) is 21.7 Å². The number of sulfonamides is 1. The largest absolute Gasteiger partial charge is 0.350 e. The average molecular weight is 605 g/mol. The Hall–Kier alpha value is -3.07. The molecule has 40 heavy (non-hydrogen) atoms. The quantitative estimate of drug-likeness (QED) is 0.326. The minimum atomic E-state index is -3.85. The number of hydrogen-bond acceptors (Lipinski definition) is 4. The van der Waals surface area contributed by atoms with E-state index in [1.807, 2.05) is 58.0 Å². The summed E-state index contributed by atoms with van der Waals surface area (Å²) in [4.78, 5) is 29.2. The molecule has 1 atom stereocenters. The van der Waals surface area contributed by atoms with Gasteiger partial charge in [-0.05, 0) is 57.5 Å². The molecule has 0 aromatic heterocycles. The number of carbonyl (C=O) groups is 2. The van der Waals surface area contributed by atoms with Gasteiger partial charge in [0.2, 0.25) is 21.8 Å². The molecule has 214 valence electrons. The number of benzene rings is 3. The number of rotatable bonds is 10. The monoisotopic (exact) mass is 603 g/mol. The van der Waals surface area contributed by atoms with E-state index in [1.54, 1.807) is 42.5 Å². The van der Waals surface area contributed by atoms with Crippen LogP contribution >= 0.6 is 23.2 Å². The van der Waals surface area contributed by atoms with Crippen LogP contribution in [0.15, 0.2) is 72.8 Å². The molecule has 3 rings (SSSR count). The zero-order valence-electron chi connectivity index (χ0n) is 23.3. The van der Waals surface area contributed by atoms with Gasteiger partial charge in [-0.1, -0.05) is 77.3 Å². The number of aryl methyl sites for hydroxylation is 1. The van der Waals surface area contributed by atoms with Crippen LogP contribution in [0.3, 0.4) is 0 Å². The minimum Gasteiger partial charge on any atom is -0.350 e. The van der Waals surface area contributed by atoms with Crippen LogP contribution in [0.4, 0.5) is 5.69 Å². The second kappa shape index (κ2) is 13.1. The molecule has 0 heterocycles. The van der Waals surface area contributed by atoms with Gasteiger partial charge in [0.25, 0.3) is 0 Å². The molecule has 0 saturated carbocycles. The van der Waals surface area contributed by atoms with Gasteiger partial charge in [-0.3, -0.25) is 13.9 Å². The van der Waals surface area contributed by atoms with E-state index in [-0.39, 0.29) is 18.9 Å². The molecule has 3 aromatic rings. The van der Waals surface area contributed by atoms with Crippen molar-refractivity contribution in [3.05, 3.63) is 99.5 Å². The number of nitrogens with zero attached hydrogens (tertiary/aromatic N) is 2. The lowest BCUT2D eigenvalue weighted by molar-refractivity contribution is -0.140. The van der Waals surface area contributed by atoms with E-state index in [0.29, 0.717) is 21.3 Å². The molecule has 0 aliphatic carbocycles. The first kappa shape index (κ1) is 31.5. The number of carbonyl (C=O) groups excluding carboxylic acids is 2. The Bertz CT molecular complexity index is 1420. The Labute approximate surface area is 247 Å². The van der Waals surface area contributed by atoms with Gasteiger partial charge in [-0.2, -0.15) is 0 Å². The van der Waals surface area contributed by atoms with Gasteiger partial charge in [0.15, 0.2) is 0 Å². The number of nitrogens with one attached hydrogen (secondary N) is 1. The summed E-state index contributed by atoms with van der Waals surface area (Å²) in [5.74, 6) is -0.957. The maximum absolute atomic E-state index is 14.1. The molecule has 0 saturated heterocycles. The maximum atomic E-state index is 14.1. The second-order valence-corrected chi connectivity index (χ2v) is 13.5. The van der Waals surface area contributed by atoms with Gasteiger partial charge in [0, 0.05) is 34.1 Å². The summed E-state index contributed by atoms with van der Waals surface area (Å²) in [5, 5.41) is 3.64. The van der Waals surface area contributed by atoms with E-state index in [1.165, 1.54) is 4.90 Å². The summed E-state index contributed by atoms with van der Waals surface area (Å²) in [5.41, 5.74) is 2.00. The predicted octanol–water partition coefficient (Wildman–Crippen LogP) is 5.62. The van der Waals surface area contributed by atoms with Crippen molar-refractivity contribution in [2.24, 2.45) is 0 Å². The fourth-order valence-electron chi connectivity index (χ4n) is 4.19. The summed E-state index contributed by atoms with van der Waals surface area (Å²) in [7, 11) is -3.85. The highest BCUT2D eigenvalue weighted by molar-refractivity contribution is 7.92. The van der Waals surface area contributed by atoms with Crippen LogP contribution in [0.5, 0.6) is 0 Å². The Morgan fingerprint density at radius 2 is 1.48 bits per heavy atom. The van der Waals surface area contributed by atoms with E-state index >= 15 is 0 Å². The van der Waals surface area contributed by atoms with E-state index < -0.39 is 34.1 Å². The van der Waals surface area contributed by atoms with Crippen molar-refractivity contribution in [2.75, 3.05) is 17.1 Å². The molecule has 10 heteroatoms. The number of halogens is 2. The molecule has 0 aliphatic rings. The standard InChI is InChI=1S/C30H35Cl2N3O4S/c1-21-14-16-23(17-15-21)35(40(5,38)39)20-28(36)34(19-24-25(31)12-9-13-26(24)32)27(29(37)33-30(2,3)4)18-22-10-7-6-8-11-22/h6-17,27H,18-20H2,1-5H3,(H,33,37). The van der Waals surface area contributed by atoms with Gasteiger partial charge in [-0.25, -0.2) is 8.42 Å². The van der Waals surface area contributed by atoms with Crippen molar-refractivity contribution in [3.63, 3.8) is 0 Å². The van der Waals surface area contributed by atoms with Crippen LogP contribution in [0, 0.1) is 6.92 Å². The van der Waals surface area contributed by atoms with Crippen LogP contribution in [0.25, 0.3) is 0 Å². The Morgan fingerprint density at radius 3 is 2.00 bits per heavy atom. The molecule has 1 N–H and O–H groups in total. The Kier molecular flexibility index (Phi) is 10.3. The molecule has 0 aliphatic heterocycles. The van der Waals surface area contributed by atoms with Gasteiger partial charge < -0.3 is 10.2 Å². The minimum absolute atomic E-state index is 0.0993. The zero-order valence-corrected chi connectivity index (χ0v) is 25.6. The molecule has 0 radical (unpaired) electrons. The lowest BCUT2D eigenvalue weighted by Crippen LogP contribution is -2.56. The van der Waals surface area contributed by atoms with E-state index in [2.05, 4.69) is 5.32 Å². The topological polar surface area (TPSA) is 86.8 Å². The first-order valence-corrected chi connectivity index (χ1v) is 15.4. The molecule has 2 amide bonds. The third-order valence-electron chi connectivity index (χ3n) is 6.16. The fraction of sp³-hybridized carbons (Fsp3) is 0.333. The Balaban J connectivity index is 2.11. The van der Waals surface area contributed by atoms with Crippen LogP contribution < -0.4 is 9.62 Å². The maximum Gasteiger partial charge on any atom is 0.244 e. The van der Waals surface area contributed by atoms with Gasteiger partial charge >= 0.3 is 0 Å². The third kappa shape index (κ3) is 8.71. The number of amides is 2. The summed E-state index contributed by atoms with van der Waals surface area (Å²) >= 11 is 13.0. The smallest absolute Gasteiger partial charge is 0.244 e. The van der Waals surface area contributed by atoms with Crippen LogP contribution in [0.1, 0.15) is 37.5 Å². The summed E-state index contributed by atoms with van der Waals surface area (Å²) < 4.78 is 26.8. The zero-order chi connectivity index (χ0) is 29.7. The van der Waals surface area contributed by atoms with Crippen molar-refractivity contribution in [1.29, 1.82) is 0 Å². The van der Waals surface area contributed by atoms with Crippen molar-refractivity contribution >= 4 is 50.7 Å². The highest BCUT2D eigenvalue weighted by Gasteiger charge is 2.35. The molecular formula is C30H35Cl2N3O4S.